The van der Waals surface area contributed by atoms with Crippen molar-refractivity contribution in [1.82, 2.24) is 0 Å². The van der Waals surface area contributed by atoms with Crippen LogP contribution in [0.3, 0.4) is 0 Å². The topological polar surface area (TPSA) is 58.9 Å². The smallest absolute Gasteiger partial charge is 0.211 e. The van der Waals surface area contributed by atoms with Crippen LogP contribution < -0.4 is 0 Å². The summed E-state index contributed by atoms with van der Waals surface area (Å²) in [5, 5.41) is 0. The van der Waals surface area contributed by atoms with Crippen LogP contribution >= 0.6 is 0 Å². The molecule has 0 aromatic carbocycles. The van der Waals surface area contributed by atoms with Crippen molar-refractivity contribution >= 4 is 12.2 Å². The summed E-state index contributed by atoms with van der Waals surface area (Å²) in [6.07, 6.45) is 8.82. The van der Waals surface area contributed by atoms with Crippen LogP contribution in [0.1, 0.15) is 45.4 Å². The number of isocyanates is 2. The molecule has 0 bridgehead atoms. The molecule has 1 fully saturated rings. The van der Waals surface area contributed by atoms with Gasteiger partial charge >= 0.3 is 0 Å². The Morgan fingerprint density at radius 3 is 2.33 bits per heavy atom. The fraction of sp³-hybridized carbons (Fsp3) is 0.818. The molecule has 0 aliphatic heterocycles. The van der Waals surface area contributed by atoms with Crippen LogP contribution in [0.2, 0.25) is 0 Å². The lowest BCUT2D eigenvalue weighted by Crippen LogP contribution is -2.41. The second kappa shape index (κ2) is 5.59. The summed E-state index contributed by atoms with van der Waals surface area (Å²) in [6.45, 7) is 1.95. The lowest BCUT2D eigenvalue weighted by molar-refractivity contribution is 0.246. The molecule has 1 unspecified atom stereocenters. The maximum atomic E-state index is 10.5. The van der Waals surface area contributed by atoms with Gasteiger partial charge in [0, 0.05) is 0 Å². The van der Waals surface area contributed by atoms with Crippen LogP contribution in [-0.4, -0.2) is 23.7 Å². The van der Waals surface area contributed by atoms with Gasteiger partial charge in [-0.15, -0.1) is 0 Å². The average molecular weight is 208 g/mol. The number of nitrogens with zero attached hydrogens (tertiary/aromatic N) is 2. The summed E-state index contributed by atoms with van der Waals surface area (Å²) < 4.78 is 0. The van der Waals surface area contributed by atoms with Gasteiger partial charge in [-0.25, -0.2) is 9.59 Å². The van der Waals surface area contributed by atoms with E-state index in [1.54, 1.807) is 12.2 Å². The van der Waals surface area contributed by atoms with Crippen LogP contribution in [0.5, 0.6) is 0 Å². The van der Waals surface area contributed by atoms with E-state index in [0.29, 0.717) is 6.42 Å². The molecule has 0 N–H and O–H groups in total. The molecule has 0 saturated heterocycles. The minimum Gasteiger partial charge on any atom is -0.211 e. The van der Waals surface area contributed by atoms with Crippen LogP contribution in [-0.2, 0) is 9.59 Å². The maximum Gasteiger partial charge on any atom is 0.235 e. The number of hydrogen-bond donors (Lipinski definition) is 0. The molecule has 4 heteroatoms. The van der Waals surface area contributed by atoms with Gasteiger partial charge < -0.3 is 0 Å². The van der Waals surface area contributed by atoms with Gasteiger partial charge in [0.15, 0.2) is 0 Å². The summed E-state index contributed by atoms with van der Waals surface area (Å²) in [4.78, 5) is 28.5. The Morgan fingerprint density at radius 2 is 1.87 bits per heavy atom. The Balaban J connectivity index is 2.95. The van der Waals surface area contributed by atoms with Crippen LogP contribution in [0, 0.1) is 0 Å². The van der Waals surface area contributed by atoms with Gasteiger partial charge in [0.05, 0.1) is 11.6 Å². The minimum atomic E-state index is -0.480. The van der Waals surface area contributed by atoms with E-state index in [1.807, 2.05) is 6.92 Å². The third kappa shape index (κ3) is 2.62. The number of rotatable bonds is 4. The molecule has 0 aromatic rings. The number of hydrogen-bond acceptors (Lipinski definition) is 4. The van der Waals surface area contributed by atoms with E-state index < -0.39 is 5.54 Å². The molecule has 0 radical (unpaired) electrons. The molecule has 1 aliphatic rings. The van der Waals surface area contributed by atoms with Crippen molar-refractivity contribution in [3.05, 3.63) is 0 Å². The predicted molar refractivity (Wildman–Crippen MR) is 56.1 cm³/mol. The molecule has 0 spiro atoms. The molecule has 1 atom stereocenters. The Bertz CT molecular complexity index is 296. The van der Waals surface area contributed by atoms with Gasteiger partial charge in [0.2, 0.25) is 12.2 Å². The van der Waals surface area contributed by atoms with Crippen molar-refractivity contribution in [2.75, 3.05) is 0 Å². The lowest BCUT2D eigenvalue weighted by atomic mass is 9.76. The van der Waals surface area contributed by atoms with Gasteiger partial charge in [-0.05, 0) is 19.3 Å². The highest BCUT2D eigenvalue weighted by Gasteiger charge is 2.39. The summed E-state index contributed by atoms with van der Waals surface area (Å²) >= 11 is 0. The Labute approximate surface area is 89.5 Å². The zero-order valence-electron chi connectivity index (χ0n) is 9.03. The maximum absolute atomic E-state index is 10.5. The highest BCUT2D eigenvalue weighted by molar-refractivity contribution is 5.38. The number of aliphatic imine (C=N–C) groups is 2. The molecule has 0 amide bonds. The highest BCUT2D eigenvalue weighted by Crippen LogP contribution is 2.36. The normalized spacial score (nSPS) is 20.9. The molecule has 1 aliphatic carbocycles. The van der Waals surface area contributed by atoms with Crippen molar-refractivity contribution in [2.24, 2.45) is 9.98 Å². The summed E-state index contributed by atoms with van der Waals surface area (Å²) in [7, 11) is 0. The van der Waals surface area contributed by atoms with E-state index in [4.69, 9.17) is 0 Å². The molecular formula is C11H16N2O2. The molecule has 1 saturated carbocycles. The Morgan fingerprint density at radius 1 is 1.20 bits per heavy atom. The van der Waals surface area contributed by atoms with Crippen LogP contribution in [0.25, 0.3) is 0 Å². The monoisotopic (exact) mass is 208 g/mol. The predicted octanol–water partition coefficient (Wildman–Crippen LogP) is 2.14. The third-order valence-corrected chi connectivity index (χ3v) is 3.20. The lowest BCUT2D eigenvalue weighted by Gasteiger charge is -2.35. The largest absolute Gasteiger partial charge is 0.235 e. The zero-order valence-corrected chi connectivity index (χ0v) is 9.03. The first-order valence-electron chi connectivity index (χ1n) is 5.45. The molecule has 0 aromatic heterocycles. The van der Waals surface area contributed by atoms with Gasteiger partial charge in [0.1, 0.15) is 0 Å². The average Bonchev–Trinajstić information content (AvgIpc) is 2.27. The standard InChI is InChI=1S/C11H16N2O2/c1-2-10(12-8-14)11(13-9-15)6-4-3-5-7-11/h10H,2-7H2,1H3. The van der Waals surface area contributed by atoms with E-state index in [1.165, 1.54) is 0 Å². The van der Waals surface area contributed by atoms with E-state index in [0.717, 1.165) is 32.1 Å². The molecule has 0 heterocycles. The quantitative estimate of drug-likeness (QED) is 0.525. The van der Waals surface area contributed by atoms with E-state index in [2.05, 4.69) is 9.98 Å². The van der Waals surface area contributed by atoms with E-state index >= 15 is 0 Å². The molecule has 15 heavy (non-hydrogen) atoms. The molecular weight excluding hydrogens is 192 g/mol. The second-order valence-corrected chi connectivity index (χ2v) is 4.01. The van der Waals surface area contributed by atoms with Crippen molar-refractivity contribution in [3.63, 3.8) is 0 Å². The summed E-state index contributed by atoms with van der Waals surface area (Å²) in [5.74, 6) is 0. The molecule has 1 rings (SSSR count). The first kappa shape index (κ1) is 11.8. The van der Waals surface area contributed by atoms with E-state index in [-0.39, 0.29) is 6.04 Å². The van der Waals surface area contributed by atoms with Gasteiger partial charge in [0.25, 0.3) is 0 Å². The van der Waals surface area contributed by atoms with Crippen LogP contribution in [0.4, 0.5) is 0 Å². The molecule has 4 nitrogen and oxygen atoms in total. The van der Waals surface area contributed by atoms with Crippen molar-refractivity contribution in [1.29, 1.82) is 0 Å². The van der Waals surface area contributed by atoms with Gasteiger partial charge in [-0.1, -0.05) is 26.2 Å². The summed E-state index contributed by atoms with van der Waals surface area (Å²) in [5.41, 5.74) is -0.480. The second-order valence-electron chi connectivity index (χ2n) is 4.01. The molecule has 82 valence electrons. The van der Waals surface area contributed by atoms with Crippen LogP contribution in [0.15, 0.2) is 9.98 Å². The van der Waals surface area contributed by atoms with Gasteiger partial charge in [-0.2, -0.15) is 9.98 Å². The van der Waals surface area contributed by atoms with Gasteiger partial charge in [-0.3, -0.25) is 0 Å². The SMILES string of the molecule is CCC(N=C=O)C1(N=C=O)CCCCC1. The van der Waals surface area contributed by atoms with Crippen molar-refractivity contribution in [3.8, 4) is 0 Å². The third-order valence-electron chi connectivity index (χ3n) is 3.20. The van der Waals surface area contributed by atoms with Crippen molar-refractivity contribution < 1.29 is 9.59 Å². The zero-order chi connectivity index (χ0) is 11.1. The fourth-order valence-corrected chi connectivity index (χ4v) is 2.43. The fourth-order valence-electron chi connectivity index (χ4n) is 2.43. The van der Waals surface area contributed by atoms with Crippen molar-refractivity contribution in [2.45, 2.75) is 57.0 Å². The first-order chi connectivity index (χ1) is 7.29. The first-order valence-corrected chi connectivity index (χ1v) is 5.45. The highest BCUT2D eigenvalue weighted by atomic mass is 16.1. The van der Waals surface area contributed by atoms with E-state index in [9.17, 15) is 9.59 Å². The minimum absolute atomic E-state index is 0.211. The number of carbonyl (C=O) groups excluding carboxylic acids is 2. The Kier molecular flexibility index (Phi) is 4.41. The summed E-state index contributed by atoms with van der Waals surface area (Å²) in [6, 6.07) is -0.211. The Hall–Kier alpha value is -1.24.